The van der Waals surface area contributed by atoms with Crippen LogP contribution in [0.1, 0.15) is 6.42 Å². The third kappa shape index (κ3) is 4.20. The maximum atomic E-state index is 13.0. The van der Waals surface area contributed by atoms with Gasteiger partial charge in [0, 0.05) is 44.8 Å². The summed E-state index contributed by atoms with van der Waals surface area (Å²) in [4.78, 5) is 2.55. The molecule has 2 aliphatic heterocycles. The summed E-state index contributed by atoms with van der Waals surface area (Å²) in [6, 6.07) is 5.39. The molecule has 0 aromatic heterocycles. The van der Waals surface area contributed by atoms with Gasteiger partial charge in [-0.3, -0.25) is 4.90 Å². The van der Waals surface area contributed by atoms with Crippen molar-refractivity contribution in [3.63, 3.8) is 0 Å². The van der Waals surface area contributed by atoms with E-state index in [1.54, 1.807) is 16.4 Å². The first-order valence-corrected chi connectivity index (χ1v) is 9.67. The van der Waals surface area contributed by atoms with Crippen LogP contribution in [0.25, 0.3) is 0 Å². The highest BCUT2D eigenvalue weighted by atomic mass is 35.5. The fourth-order valence-electron chi connectivity index (χ4n) is 3.38. The molecule has 3 rings (SSSR count). The van der Waals surface area contributed by atoms with Crippen LogP contribution in [0.5, 0.6) is 11.5 Å². The molecule has 0 radical (unpaired) electrons. The van der Waals surface area contributed by atoms with E-state index in [0.717, 1.165) is 32.6 Å². The van der Waals surface area contributed by atoms with E-state index in [2.05, 4.69) is 10.2 Å². The van der Waals surface area contributed by atoms with Crippen molar-refractivity contribution in [1.29, 1.82) is 0 Å². The molecule has 7 nitrogen and oxygen atoms in total. The summed E-state index contributed by atoms with van der Waals surface area (Å²) in [6.45, 7) is 4.56. The molecular weight excluding hydrogens is 366 g/mol. The Hall–Kier alpha value is -1.06. The molecule has 1 unspecified atom stereocenters. The minimum absolute atomic E-state index is 0. The molecule has 0 saturated carbocycles. The van der Waals surface area contributed by atoms with Crippen LogP contribution in [-0.4, -0.2) is 77.2 Å². The summed E-state index contributed by atoms with van der Waals surface area (Å²) in [6.07, 6.45) is 1.14. The third-order valence-electron chi connectivity index (χ3n) is 4.81. The standard InChI is InChI=1S/C16H25N3O4S.ClH/c1-22-14-3-4-15(23-2)16(11-14)24(20,21)19-9-7-18(8-10-19)13-5-6-17-12-13;/h3-4,11,13,17H,5-10,12H2,1-2H3;1H. The molecule has 1 aromatic carbocycles. The van der Waals surface area contributed by atoms with Crippen LogP contribution in [0.3, 0.4) is 0 Å². The molecule has 1 N–H and O–H groups in total. The van der Waals surface area contributed by atoms with E-state index < -0.39 is 10.0 Å². The molecule has 9 heteroatoms. The third-order valence-corrected chi connectivity index (χ3v) is 6.73. The van der Waals surface area contributed by atoms with Gasteiger partial charge < -0.3 is 14.8 Å². The molecule has 2 saturated heterocycles. The average molecular weight is 392 g/mol. The second kappa shape index (κ2) is 8.55. The molecule has 142 valence electrons. The quantitative estimate of drug-likeness (QED) is 0.800. The zero-order valence-corrected chi connectivity index (χ0v) is 16.2. The second-order valence-electron chi connectivity index (χ2n) is 6.10. The number of benzene rings is 1. The number of hydrogen-bond acceptors (Lipinski definition) is 6. The Morgan fingerprint density at radius 3 is 2.40 bits per heavy atom. The van der Waals surface area contributed by atoms with Crippen molar-refractivity contribution in [2.24, 2.45) is 0 Å². The lowest BCUT2D eigenvalue weighted by molar-refractivity contribution is 0.145. The summed E-state index contributed by atoms with van der Waals surface area (Å²) in [7, 11) is -0.600. The van der Waals surface area contributed by atoms with Crippen LogP contribution < -0.4 is 14.8 Å². The predicted octanol–water partition coefficient (Wildman–Crippen LogP) is 0.794. The Bertz CT molecular complexity index is 672. The number of hydrogen-bond donors (Lipinski definition) is 1. The summed E-state index contributed by atoms with van der Waals surface area (Å²) >= 11 is 0. The maximum Gasteiger partial charge on any atom is 0.246 e. The Kier molecular flexibility index (Phi) is 6.93. The van der Waals surface area contributed by atoms with Gasteiger partial charge in [0.25, 0.3) is 0 Å². The van der Waals surface area contributed by atoms with E-state index in [4.69, 9.17) is 9.47 Å². The highest BCUT2D eigenvalue weighted by molar-refractivity contribution is 7.89. The topological polar surface area (TPSA) is 71.1 Å². The van der Waals surface area contributed by atoms with Crippen molar-refractivity contribution in [2.45, 2.75) is 17.4 Å². The molecule has 0 aliphatic carbocycles. The van der Waals surface area contributed by atoms with Crippen LogP contribution >= 0.6 is 12.4 Å². The van der Waals surface area contributed by atoms with Gasteiger partial charge in [-0.15, -0.1) is 12.4 Å². The lowest BCUT2D eigenvalue weighted by atomic mass is 10.2. The molecule has 2 heterocycles. The number of nitrogens with zero attached hydrogens (tertiary/aromatic N) is 2. The Balaban J connectivity index is 0.00000225. The van der Waals surface area contributed by atoms with Gasteiger partial charge in [0.1, 0.15) is 16.4 Å². The summed E-state index contributed by atoms with van der Waals surface area (Å²) in [5.41, 5.74) is 0. The van der Waals surface area contributed by atoms with Crippen molar-refractivity contribution >= 4 is 22.4 Å². The zero-order valence-electron chi connectivity index (χ0n) is 14.6. The fraction of sp³-hybridized carbons (Fsp3) is 0.625. The summed E-state index contributed by atoms with van der Waals surface area (Å²) < 4.78 is 38.0. The second-order valence-corrected chi connectivity index (χ2v) is 8.01. The van der Waals surface area contributed by atoms with Crippen LogP contribution in [0, 0.1) is 0 Å². The van der Waals surface area contributed by atoms with Gasteiger partial charge in [0.05, 0.1) is 14.2 Å². The van der Waals surface area contributed by atoms with Crippen LogP contribution in [0.2, 0.25) is 0 Å². The van der Waals surface area contributed by atoms with Crippen molar-refractivity contribution in [2.75, 3.05) is 53.5 Å². The van der Waals surface area contributed by atoms with Crippen molar-refractivity contribution in [3.8, 4) is 11.5 Å². The minimum Gasteiger partial charge on any atom is -0.497 e. The highest BCUT2D eigenvalue weighted by Gasteiger charge is 2.33. The van der Waals surface area contributed by atoms with Gasteiger partial charge in [-0.25, -0.2) is 8.42 Å². The highest BCUT2D eigenvalue weighted by Crippen LogP contribution is 2.31. The minimum atomic E-state index is -3.60. The van der Waals surface area contributed by atoms with Crippen molar-refractivity contribution in [1.82, 2.24) is 14.5 Å². The fourth-order valence-corrected chi connectivity index (χ4v) is 4.98. The van der Waals surface area contributed by atoms with Gasteiger partial charge in [0.15, 0.2) is 0 Å². The lowest BCUT2D eigenvalue weighted by Gasteiger charge is -2.37. The molecule has 1 aromatic rings. The Morgan fingerprint density at radius 2 is 1.84 bits per heavy atom. The van der Waals surface area contributed by atoms with Crippen molar-refractivity contribution in [3.05, 3.63) is 18.2 Å². The monoisotopic (exact) mass is 391 g/mol. The number of halogens is 1. The summed E-state index contributed by atoms with van der Waals surface area (Å²) in [5.74, 6) is 0.850. The molecule has 0 bridgehead atoms. The number of methoxy groups -OCH3 is 2. The number of ether oxygens (including phenoxy) is 2. The molecule has 1 atom stereocenters. The zero-order chi connectivity index (χ0) is 17.2. The maximum absolute atomic E-state index is 13.0. The van der Waals surface area contributed by atoms with Crippen LogP contribution in [-0.2, 0) is 10.0 Å². The predicted molar refractivity (Wildman–Crippen MR) is 98.4 cm³/mol. The van der Waals surface area contributed by atoms with Gasteiger partial charge in [-0.1, -0.05) is 0 Å². The van der Waals surface area contributed by atoms with Gasteiger partial charge in [0.2, 0.25) is 10.0 Å². The molecular formula is C16H26ClN3O4S. The smallest absolute Gasteiger partial charge is 0.246 e. The SMILES string of the molecule is COc1ccc(OC)c(S(=O)(=O)N2CCN(C3CCNC3)CC2)c1.Cl. The van der Waals surface area contributed by atoms with E-state index in [0.29, 0.717) is 30.6 Å². The van der Waals surface area contributed by atoms with E-state index >= 15 is 0 Å². The first-order valence-electron chi connectivity index (χ1n) is 8.23. The van der Waals surface area contributed by atoms with Gasteiger partial charge in [-0.2, -0.15) is 4.31 Å². The van der Waals surface area contributed by atoms with Gasteiger partial charge in [-0.05, 0) is 25.1 Å². The molecule has 2 fully saturated rings. The summed E-state index contributed by atoms with van der Waals surface area (Å²) in [5, 5.41) is 3.36. The molecule has 0 amide bonds. The van der Waals surface area contributed by atoms with E-state index in [1.807, 2.05) is 0 Å². The normalized spacial score (nSPS) is 22.4. The Labute approximate surface area is 155 Å². The van der Waals surface area contributed by atoms with E-state index in [1.165, 1.54) is 20.3 Å². The van der Waals surface area contributed by atoms with E-state index in [9.17, 15) is 8.42 Å². The average Bonchev–Trinajstić information content (AvgIpc) is 3.16. The number of piperazine rings is 1. The largest absolute Gasteiger partial charge is 0.497 e. The Morgan fingerprint density at radius 1 is 1.12 bits per heavy atom. The van der Waals surface area contributed by atoms with Crippen molar-refractivity contribution < 1.29 is 17.9 Å². The van der Waals surface area contributed by atoms with Crippen LogP contribution in [0.15, 0.2) is 23.1 Å². The van der Waals surface area contributed by atoms with E-state index in [-0.39, 0.29) is 17.3 Å². The molecule has 25 heavy (non-hydrogen) atoms. The lowest BCUT2D eigenvalue weighted by Crippen LogP contribution is -2.52. The number of rotatable bonds is 5. The first kappa shape index (κ1) is 20.3. The molecule has 2 aliphatic rings. The number of sulfonamides is 1. The number of nitrogens with one attached hydrogen (secondary N) is 1. The molecule has 0 spiro atoms. The van der Waals surface area contributed by atoms with Gasteiger partial charge >= 0.3 is 0 Å². The first-order chi connectivity index (χ1) is 11.6. The van der Waals surface area contributed by atoms with Crippen LogP contribution in [0.4, 0.5) is 0 Å².